The standard InChI is InChI=1S/C23H25N3O3/c1-17-14-19(18(2)26(17)20-8-5-4-6-9-20)11-12-23(28)25(3)16-22(27)24-15-21-10-7-13-29-21/h4-14H,15-16H2,1-3H3,(H,24,27). The molecule has 1 aromatic carbocycles. The molecule has 3 rings (SSSR count). The highest BCUT2D eigenvalue weighted by atomic mass is 16.3. The molecule has 150 valence electrons. The third-order valence-electron chi connectivity index (χ3n) is 4.69. The smallest absolute Gasteiger partial charge is 0.246 e. The lowest BCUT2D eigenvalue weighted by Gasteiger charge is -2.14. The number of hydrogen-bond donors (Lipinski definition) is 1. The lowest BCUT2D eigenvalue weighted by molar-refractivity contribution is -0.131. The first-order valence-corrected chi connectivity index (χ1v) is 9.42. The molecule has 0 spiro atoms. The first kappa shape index (κ1) is 20.2. The van der Waals surface area contributed by atoms with Gasteiger partial charge in [-0.2, -0.15) is 0 Å². The van der Waals surface area contributed by atoms with Crippen molar-refractivity contribution in [3.05, 3.63) is 83.6 Å². The maximum atomic E-state index is 12.4. The van der Waals surface area contributed by atoms with Crippen LogP contribution < -0.4 is 5.32 Å². The van der Waals surface area contributed by atoms with Crippen molar-refractivity contribution < 1.29 is 14.0 Å². The fourth-order valence-electron chi connectivity index (χ4n) is 3.17. The molecule has 29 heavy (non-hydrogen) atoms. The molecular formula is C23H25N3O3. The van der Waals surface area contributed by atoms with Crippen LogP contribution in [0.5, 0.6) is 0 Å². The van der Waals surface area contributed by atoms with Crippen LogP contribution in [0, 0.1) is 13.8 Å². The number of carbonyl (C=O) groups excluding carboxylic acids is 2. The van der Waals surface area contributed by atoms with Gasteiger partial charge in [0.2, 0.25) is 11.8 Å². The van der Waals surface area contributed by atoms with E-state index in [2.05, 4.69) is 9.88 Å². The molecule has 0 saturated carbocycles. The van der Waals surface area contributed by atoms with Gasteiger partial charge in [0.25, 0.3) is 0 Å². The highest BCUT2D eigenvalue weighted by Crippen LogP contribution is 2.21. The number of para-hydroxylation sites is 1. The van der Waals surface area contributed by atoms with Crippen molar-refractivity contribution in [1.82, 2.24) is 14.8 Å². The molecule has 0 radical (unpaired) electrons. The third kappa shape index (κ3) is 5.04. The fourth-order valence-corrected chi connectivity index (χ4v) is 3.17. The maximum Gasteiger partial charge on any atom is 0.246 e. The molecule has 0 atom stereocenters. The van der Waals surface area contributed by atoms with Crippen LogP contribution in [0.25, 0.3) is 11.8 Å². The second kappa shape index (κ2) is 9.10. The summed E-state index contributed by atoms with van der Waals surface area (Å²) in [6.45, 7) is 4.34. The Labute approximate surface area is 170 Å². The predicted molar refractivity (Wildman–Crippen MR) is 112 cm³/mol. The summed E-state index contributed by atoms with van der Waals surface area (Å²) in [5, 5.41) is 2.73. The number of nitrogens with zero attached hydrogens (tertiary/aromatic N) is 2. The Morgan fingerprint density at radius 1 is 1.14 bits per heavy atom. The van der Waals surface area contributed by atoms with E-state index in [9.17, 15) is 9.59 Å². The number of amides is 2. The fraction of sp³-hybridized carbons (Fsp3) is 0.217. The molecule has 6 heteroatoms. The van der Waals surface area contributed by atoms with Gasteiger partial charge in [-0.3, -0.25) is 9.59 Å². The molecule has 2 amide bonds. The topological polar surface area (TPSA) is 67.5 Å². The number of rotatable bonds is 7. The molecule has 0 saturated heterocycles. The van der Waals surface area contributed by atoms with Crippen molar-refractivity contribution in [3.8, 4) is 5.69 Å². The molecule has 2 aromatic heterocycles. The molecule has 0 aliphatic rings. The zero-order valence-electron chi connectivity index (χ0n) is 16.9. The molecule has 1 N–H and O–H groups in total. The van der Waals surface area contributed by atoms with E-state index >= 15 is 0 Å². The van der Waals surface area contributed by atoms with Gasteiger partial charge in [0.15, 0.2) is 0 Å². The molecule has 6 nitrogen and oxygen atoms in total. The number of hydrogen-bond acceptors (Lipinski definition) is 3. The van der Waals surface area contributed by atoms with E-state index < -0.39 is 0 Å². The summed E-state index contributed by atoms with van der Waals surface area (Å²) >= 11 is 0. The lowest BCUT2D eigenvalue weighted by Crippen LogP contribution is -2.37. The first-order chi connectivity index (χ1) is 14.0. The summed E-state index contributed by atoms with van der Waals surface area (Å²) in [5.41, 5.74) is 4.19. The zero-order valence-corrected chi connectivity index (χ0v) is 16.9. The number of nitrogens with one attached hydrogen (secondary N) is 1. The van der Waals surface area contributed by atoms with Gasteiger partial charge in [-0.1, -0.05) is 18.2 Å². The third-order valence-corrected chi connectivity index (χ3v) is 4.69. The van der Waals surface area contributed by atoms with Crippen LogP contribution in [-0.2, 0) is 16.1 Å². The largest absolute Gasteiger partial charge is 0.467 e. The Morgan fingerprint density at radius 3 is 2.59 bits per heavy atom. The minimum absolute atomic E-state index is 0.0209. The Morgan fingerprint density at radius 2 is 1.90 bits per heavy atom. The number of likely N-dealkylation sites (N-methyl/N-ethyl adjacent to an activating group) is 1. The van der Waals surface area contributed by atoms with Crippen LogP contribution in [0.3, 0.4) is 0 Å². The molecular weight excluding hydrogens is 366 g/mol. The van der Waals surface area contributed by atoms with E-state index in [1.54, 1.807) is 31.5 Å². The predicted octanol–water partition coefficient (Wildman–Crippen LogP) is 3.48. The summed E-state index contributed by atoms with van der Waals surface area (Å²) in [4.78, 5) is 25.8. The van der Waals surface area contributed by atoms with Crippen molar-refractivity contribution in [2.24, 2.45) is 0 Å². The van der Waals surface area contributed by atoms with E-state index in [0.29, 0.717) is 12.3 Å². The van der Waals surface area contributed by atoms with Gasteiger partial charge in [0, 0.05) is 30.2 Å². The second-order valence-corrected chi connectivity index (χ2v) is 6.88. The summed E-state index contributed by atoms with van der Waals surface area (Å²) in [6.07, 6.45) is 4.84. The highest BCUT2D eigenvalue weighted by Gasteiger charge is 2.12. The van der Waals surface area contributed by atoms with Crippen LogP contribution in [0.4, 0.5) is 0 Å². The van der Waals surface area contributed by atoms with Gasteiger partial charge >= 0.3 is 0 Å². The van der Waals surface area contributed by atoms with Crippen molar-refractivity contribution in [2.45, 2.75) is 20.4 Å². The van der Waals surface area contributed by atoms with Crippen LogP contribution in [0.2, 0.25) is 0 Å². The van der Waals surface area contributed by atoms with Gasteiger partial charge in [0.1, 0.15) is 5.76 Å². The van der Waals surface area contributed by atoms with Crippen LogP contribution in [0.1, 0.15) is 22.7 Å². The second-order valence-electron chi connectivity index (χ2n) is 6.88. The number of carbonyl (C=O) groups is 2. The van der Waals surface area contributed by atoms with Crippen molar-refractivity contribution in [3.63, 3.8) is 0 Å². The minimum atomic E-state index is -0.243. The van der Waals surface area contributed by atoms with E-state index in [1.807, 2.05) is 50.2 Å². The summed E-state index contributed by atoms with van der Waals surface area (Å²) in [6, 6.07) is 15.7. The Hall–Kier alpha value is -3.54. The van der Waals surface area contributed by atoms with E-state index in [1.165, 1.54) is 11.0 Å². The van der Waals surface area contributed by atoms with Crippen LogP contribution in [0.15, 0.2) is 65.3 Å². The molecule has 0 aliphatic heterocycles. The normalized spacial score (nSPS) is 11.0. The molecule has 0 aliphatic carbocycles. The molecule has 0 unspecified atom stereocenters. The summed E-state index contributed by atoms with van der Waals surface area (Å²) < 4.78 is 7.32. The van der Waals surface area contributed by atoms with Crippen molar-refractivity contribution >= 4 is 17.9 Å². The Bertz CT molecular complexity index is 1000. The van der Waals surface area contributed by atoms with Gasteiger partial charge in [-0.15, -0.1) is 0 Å². The quantitative estimate of drug-likeness (QED) is 0.627. The van der Waals surface area contributed by atoms with Gasteiger partial charge in [-0.05, 0) is 55.8 Å². The molecule has 2 heterocycles. The average molecular weight is 391 g/mol. The SMILES string of the molecule is Cc1cc(C=CC(=O)N(C)CC(=O)NCc2ccco2)c(C)n1-c1ccccc1. The van der Waals surface area contributed by atoms with Crippen molar-refractivity contribution in [2.75, 3.05) is 13.6 Å². The Balaban J connectivity index is 1.60. The number of furan rings is 1. The molecule has 3 aromatic rings. The summed E-state index contributed by atoms with van der Waals surface area (Å²) in [5.74, 6) is 0.191. The van der Waals surface area contributed by atoms with Gasteiger partial charge in [0.05, 0.1) is 19.4 Å². The highest BCUT2D eigenvalue weighted by molar-refractivity contribution is 5.94. The number of aromatic nitrogens is 1. The molecule has 0 bridgehead atoms. The maximum absolute atomic E-state index is 12.4. The van der Waals surface area contributed by atoms with Crippen molar-refractivity contribution in [1.29, 1.82) is 0 Å². The van der Waals surface area contributed by atoms with Crippen LogP contribution in [-0.4, -0.2) is 34.9 Å². The monoisotopic (exact) mass is 391 g/mol. The summed E-state index contributed by atoms with van der Waals surface area (Å²) in [7, 11) is 1.60. The van der Waals surface area contributed by atoms with Crippen LogP contribution >= 0.6 is 0 Å². The molecule has 0 fully saturated rings. The van der Waals surface area contributed by atoms with E-state index in [-0.39, 0.29) is 18.4 Å². The van der Waals surface area contributed by atoms with Gasteiger partial charge in [-0.25, -0.2) is 0 Å². The van der Waals surface area contributed by atoms with E-state index in [0.717, 1.165) is 22.6 Å². The zero-order chi connectivity index (χ0) is 20.8. The number of aryl methyl sites for hydroxylation is 1. The number of benzene rings is 1. The van der Waals surface area contributed by atoms with E-state index in [4.69, 9.17) is 4.42 Å². The first-order valence-electron chi connectivity index (χ1n) is 9.42. The lowest BCUT2D eigenvalue weighted by atomic mass is 10.2. The van der Waals surface area contributed by atoms with Gasteiger partial charge < -0.3 is 19.2 Å². The minimum Gasteiger partial charge on any atom is -0.467 e. The Kier molecular flexibility index (Phi) is 6.34. The average Bonchev–Trinajstić information content (AvgIpc) is 3.33.